The molecule has 1 aromatic carbocycles. The quantitative estimate of drug-likeness (QED) is 0.572. The minimum atomic E-state index is -0.283. The fraction of sp³-hybridized carbons (Fsp3) is 0.500. The van der Waals surface area contributed by atoms with E-state index in [0.717, 1.165) is 19.3 Å². The number of rotatable bonds is 5. The first-order valence-corrected chi connectivity index (χ1v) is 7.08. The van der Waals surface area contributed by atoms with E-state index in [-0.39, 0.29) is 35.1 Å². The van der Waals surface area contributed by atoms with Gasteiger partial charge in [0.15, 0.2) is 6.29 Å². The number of nitrogens with one attached hydrogen (secondary N) is 1. The second-order valence-electron chi connectivity index (χ2n) is 4.79. The van der Waals surface area contributed by atoms with Crippen LogP contribution < -0.4 is 10.5 Å². The Balaban J connectivity index is 2.21. The number of phenolic OH excluding ortho intramolecular Hbond substituents is 1. The zero-order valence-corrected chi connectivity index (χ0v) is 12.6. The van der Waals surface area contributed by atoms with Gasteiger partial charge in [-0.15, -0.1) is 0 Å². The average molecular weight is 315 g/mol. The number of hydrogen-bond acceptors (Lipinski definition) is 5. The molecule has 0 bridgehead atoms. The fourth-order valence-corrected chi connectivity index (χ4v) is 2.47. The van der Waals surface area contributed by atoms with Crippen molar-refractivity contribution in [3.63, 3.8) is 0 Å². The predicted octanol–water partition coefficient (Wildman–Crippen LogP) is 2.38. The molecule has 0 saturated carbocycles. The highest BCUT2D eigenvalue weighted by molar-refractivity contribution is 6.35. The summed E-state index contributed by atoms with van der Waals surface area (Å²) in [7, 11) is 1.47. The van der Waals surface area contributed by atoms with Crippen LogP contribution in [-0.2, 0) is 16.1 Å². The van der Waals surface area contributed by atoms with Crippen LogP contribution in [0.4, 0.5) is 0 Å². The maximum atomic E-state index is 10.2. The summed E-state index contributed by atoms with van der Waals surface area (Å²) in [4.78, 5) is 0. The molecule has 1 heterocycles. The number of amidine groups is 1. The Morgan fingerprint density at radius 1 is 1.57 bits per heavy atom. The van der Waals surface area contributed by atoms with Crippen LogP contribution in [0.1, 0.15) is 30.4 Å². The van der Waals surface area contributed by atoms with E-state index in [4.69, 9.17) is 37.0 Å². The molecule has 0 aromatic heterocycles. The maximum absolute atomic E-state index is 10.2. The molecule has 0 radical (unpaired) electrons. The maximum Gasteiger partial charge on any atom is 0.158 e. The Kier molecular flexibility index (Phi) is 5.27. The molecule has 7 heteroatoms. The lowest BCUT2D eigenvalue weighted by molar-refractivity contribution is -0.169. The number of ether oxygens (including phenoxy) is 3. The lowest BCUT2D eigenvalue weighted by atomic mass is 10.1. The van der Waals surface area contributed by atoms with Crippen LogP contribution in [0.2, 0.25) is 5.02 Å². The minimum Gasteiger partial charge on any atom is -0.506 e. The Morgan fingerprint density at radius 3 is 2.90 bits per heavy atom. The first-order valence-electron chi connectivity index (χ1n) is 6.70. The average Bonchev–Trinajstić information content (AvgIpc) is 2.49. The molecular formula is C14H19ClN2O4. The van der Waals surface area contributed by atoms with E-state index in [1.54, 1.807) is 0 Å². The number of benzene rings is 1. The number of phenols is 1. The van der Waals surface area contributed by atoms with Crippen molar-refractivity contribution in [3.05, 3.63) is 22.2 Å². The third kappa shape index (κ3) is 3.58. The molecule has 1 fully saturated rings. The van der Waals surface area contributed by atoms with Crippen molar-refractivity contribution >= 4 is 17.4 Å². The summed E-state index contributed by atoms with van der Waals surface area (Å²) in [6.07, 6.45) is 2.63. The molecule has 21 heavy (non-hydrogen) atoms. The topological polar surface area (TPSA) is 97.8 Å². The predicted molar refractivity (Wildman–Crippen MR) is 79.1 cm³/mol. The summed E-state index contributed by atoms with van der Waals surface area (Å²) in [5.74, 6) is -0.0494. The van der Waals surface area contributed by atoms with E-state index in [1.165, 1.54) is 13.2 Å². The minimum absolute atomic E-state index is 0.0199. The Hall–Kier alpha value is -1.50. The second-order valence-corrected chi connectivity index (χ2v) is 5.17. The van der Waals surface area contributed by atoms with Crippen molar-refractivity contribution in [2.24, 2.45) is 5.73 Å². The van der Waals surface area contributed by atoms with Gasteiger partial charge in [-0.25, -0.2) is 0 Å². The van der Waals surface area contributed by atoms with Crippen LogP contribution in [0, 0.1) is 5.41 Å². The number of hydrogen-bond donors (Lipinski definition) is 3. The lowest BCUT2D eigenvalue weighted by Gasteiger charge is -2.23. The van der Waals surface area contributed by atoms with Crippen LogP contribution in [0.25, 0.3) is 0 Å². The van der Waals surface area contributed by atoms with Crippen molar-refractivity contribution in [2.75, 3.05) is 13.7 Å². The molecule has 1 aliphatic heterocycles. The van der Waals surface area contributed by atoms with E-state index in [2.05, 4.69) is 0 Å². The zero-order valence-electron chi connectivity index (χ0n) is 11.8. The summed E-state index contributed by atoms with van der Waals surface area (Å²) < 4.78 is 16.3. The molecule has 4 N–H and O–H groups in total. The van der Waals surface area contributed by atoms with Crippen molar-refractivity contribution in [1.29, 1.82) is 5.41 Å². The number of nitrogens with two attached hydrogens (primary N) is 1. The van der Waals surface area contributed by atoms with E-state index >= 15 is 0 Å². The van der Waals surface area contributed by atoms with E-state index < -0.39 is 0 Å². The van der Waals surface area contributed by atoms with Gasteiger partial charge in [-0.2, -0.15) is 0 Å². The molecule has 0 spiro atoms. The van der Waals surface area contributed by atoms with Gasteiger partial charge in [-0.05, 0) is 25.3 Å². The van der Waals surface area contributed by atoms with Crippen LogP contribution in [-0.4, -0.2) is 30.9 Å². The molecule has 0 aliphatic carbocycles. The number of halogens is 1. The van der Waals surface area contributed by atoms with Gasteiger partial charge in [-0.3, -0.25) is 5.41 Å². The van der Waals surface area contributed by atoms with Gasteiger partial charge in [0, 0.05) is 12.2 Å². The number of aromatic hydroxyl groups is 1. The SMILES string of the molecule is COc1cc(C(=N)N)c(Cl)c(O)c1COC1CCCCO1. The van der Waals surface area contributed by atoms with Crippen LogP contribution in [0.5, 0.6) is 11.5 Å². The van der Waals surface area contributed by atoms with Gasteiger partial charge >= 0.3 is 0 Å². The van der Waals surface area contributed by atoms with Gasteiger partial charge in [0.1, 0.15) is 17.3 Å². The van der Waals surface area contributed by atoms with Crippen LogP contribution >= 0.6 is 11.6 Å². The van der Waals surface area contributed by atoms with Gasteiger partial charge < -0.3 is 25.1 Å². The largest absolute Gasteiger partial charge is 0.506 e. The zero-order chi connectivity index (χ0) is 15.4. The standard InChI is InChI=1S/C14H19ClN2O4/c1-19-10-6-8(14(16)17)12(15)13(18)9(10)7-21-11-4-2-3-5-20-11/h6,11,18H,2-5,7H2,1H3,(H3,16,17). The summed E-state index contributed by atoms with van der Waals surface area (Å²) in [5, 5.41) is 17.7. The van der Waals surface area contributed by atoms with Crippen LogP contribution in [0.15, 0.2) is 6.07 Å². The summed E-state index contributed by atoms with van der Waals surface area (Å²) in [6.45, 7) is 0.787. The fourth-order valence-electron chi connectivity index (χ4n) is 2.19. The molecule has 1 unspecified atom stereocenters. The summed E-state index contributed by atoms with van der Waals surface area (Å²) in [5.41, 5.74) is 6.07. The molecule has 2 rings (SSSR count). The lowest BCUT2D eigenvalue weighted by Crippen LogP contribution is -2.22. The van der Waals surface area contributed by atoms with Gasteiger partial charge in [0.2, 0.25) is 0 Å². The molecular weight excluding hydrogens is 296 g/mol. The first-order chi connectivity index (χ1) is 10.0. The Morgan fingerprint density at radius 2 is 2.33 bits per heavy atom. The van der Waals surface area contributed by atoms with Crippen molar-refractivity contribution < 1.29 is 19.3 Å². The third-order valence-electron chi connectivity index (χ3n) is 3.36. The highest BCUT2D eigenvalue weighted by Gasteiger charge is 2.21. The Bertz CT molecular complexity index is 530. The summed E-state index contributed by atoms with van der Waals surface area (Å²) in [6, 6.07) is 1.52. The van der Waals surface area contributed by atoms with Gasteiger partial charge in [-0.1, -0.05) is 11.6 Å². The monoisotopic (exact) mass is 314 g/mol. The molecule has 6 nitrogen and oxygen atoms in total. The van der Waals surface area contributed by atoms with Crippen molar-refractivity contribution in [2.45, 2.75) is 32.2 Å². The summed E-state index contributed by atoms with van der Waals surface area (Å²) >= 11 is 6.03. The molecule has 116 valence electrons. The first kappa shape index (κ1) is 15.9. The van der Waals surface area contributed by atoms with Gasteiger partial charge in [0.05, 0.1) is 24.3 Å². The normalized spacial score (nSPS) is 18.5. The molecule has 1 saturated heterocycles. The van der Waals surface area contributed by atoms with Crippen molar-refractivity contribution in [3.8, 4) is 11.5 Å². The smallest absolute Gasteiger partial charge is 0.158 e. The van der Waals surface area contributed by atoms with E-state index in [1.807, 2.05) is 0 Å². The molecule has 1 aliphatic rings. The number of nitrogen functional groups attached to an aromatic ring is 1. The van der Waals surface area contributed by atoms with E-state index in [0.29, 0.717) is 17.9 Å². The van der Waals surface area contributed by atoms with E-state index in [9.17, 15) is 5.11 Å². The third-order valence-corrected chi connectivity index (χ3v) is 3.75. The Labute approximate surface area is 128 Å². The van der Waals surface area contributed by atoms with Crippen LogP contribution in [0.3, 0.4) is 0 Å². The second kappa shape index (κ2) is 6.98. The van der Waals surface area contributed by atoms with Crippen molar-refractivity contribution in [1.82, 2.24) is 0 Å². The highest BCUT2D eigenvalue weighted by atomic mass is 35.5. The number of methoxy groups -OCH3 is 1. The van der Waals surface area contributed by atoms with Gasteiger partial charge in [0.25, 0.3) is 0 Å². The highest BCUT2D eigenvalue weighted by Crippen LogP contribution is 2.38. The molecule has 1 atom stereocenters. The molecule has 1 aromatic rings. The molecule has 0 amide bonds.